The number of aryl methyl sites for hydroxylation is 2. The van der Waals surface area contributed by atoms with Gasteiger partial charge in [-0.25, -0.2) is 4.98 Å². The first kappa shape index (κ1) is 12.3. The molecule has 6 nitrogen and oxygen atoms in total. The summed E-state index contributed by atoms with van der Waals surface area (Å²) >= 11 is 0. The van der Waals surface area contributed by atoms with E-state index in [1.165, 1.54) is 0 Å². The molecular formula is C12H17N5O. The van der Waals surface area contributed by atoms with Crippen LogP contribution in [0.25, 0.3) is 0 Å². The standard InChI is InChI=1S/C12H17N5O/c1-4-13-12-15-6-8(2)11(16-12)14-7-10-5-9(3)17-18-10/h5-6H,4,7H2,1-3H3,(H2,13,14,15,16). The highest BCUT2D eigenvalue weighted by atomic mass is 16.5. The largest absolute Gasteiger partial charge is 0.362 e. The summed E-state index contributed by atoms with van der Waals surface area (Å²) in [5, 5.41) is 10.1. The minimum absolute atomic E-state index is 0.560. The molecule has 0 bridgehead atoms. The van der Waals surface area contributed by atoms with Crippen molar-refractivity contribution in [2.75, 3.05) is 17.2 Å². The first-order valence-corrected chi connectivity index (χ1v) is 5.92. The van der Waals surface area contributed by atoms with E-state index in [9.17, 15) is 0 Å². The fourth-order valence-electron chi connectivity index (χ4n) is 1.53. The molecule has 0 saturated heterocycles. The third kappa shape index (κ3) is 2.97. The Morgan fingerprint density at radius 1 is 1.28 bits per heavy atom. The van der Waals surface area contributed by atoms with Crippen LogP contribution < -0.4 is 10.6 Å². The molecule has 0 radical (unpaired) electrons. The van der Waals surface area contributed by atoms with Crippen LogP contribution in [-0.2, 0) is 6.54 Å². The zero-order valence-electron chi connectivity index (χ0n) is 10.8. The molecular weight excluding hydrogens is 230 g/mol. The molecule has 2 heterocycles. The number of nitrogens with one attached hydrogen (secondary N) is 2. The monoisotopic (exact) mass is 247 g/mol. The van der Waals surface area contributed by atoms with Crippen molar-refractivity contribution in [3.8, 4) is 0 Å². The number of rotatable bonds is 5. The summed E-state index contributed by atoms with van der Waals surface area (Å²) in [4.78, 5) is 8.58. The molecule has 0 amide bonds. The predicted octanol–water partition coefficient (Wildman–Crippen LogP) is 2.13. The van der Waals surface area contributed by atoms with Crippen molar-refractivity contribution in [2.24, 2.45) is 0 Å². The predicted molar refractivity (Wildman–Crippen MR) is 69.5 cm³/mol. The molecule has 6 heteroatoms. The number of nitrogens with zero attached hydrogens (tertiary/aromatic N) is 3. The van der Waals surface area contributed by atoms with Crippen LogP contribution in [0, 0.1) is 13.8 Å². The number of hydrogen-bond donors (Lipinski definition) is 2. The SMILES string of the molecule is CCNc1ncc(C)c(NCc2cc(C)no2)n1. The third-order valence-electron chi connectivity index (χ3n) is 2.41. The summed E-state index contributed by atoms with van der Waals surface area (Å²) in [6.07, 6.45) is 1.79. The Morgan fingerprint density at radius 3 is 2.78 bits per heavy atom. The fourth-order valence-corrected chi connectivity index (χ4v) is 1.53. The lowest BCUT2D eigenvalue weighted by molar-refractivity contribution is 0.384. The highest BCUT2D eigenvalue weighted by Crippen LogP contribution is 2.14. The number of aromatic nitrogens is 3. The van der Waals surface area contributed by atoms with E-state index in [2.05, 4.69) is 25.8 Å². The quantitative estimate of drug-likeness (QED) is 0.843. The summed E-state index contributed by atoms with van der Waals surface area (Å²) in [7, 11) is 0. The van der Waals surface area contributed by atoms with Gasteiger partial charge >= 0.3 is 0 Å². The zero-order chi connectivity index (χ0) is 13.0. The normalized spacial score (nSPS) is 10.4. The molecule has 96 valence electrons. The second-order valence-corrected chi connectivity index (χ2v) is 4.04. The van der Waals surface area contributed by atoms with Crippen molar-refractivity contribution in [2.45, 2.75) is 27.3 Å². The number of anilines is 2. The van der Waals surface area contributed by atoms with Gasteiger partial charge in [-0.1, -0.05) is 5.16 Å². The summed E-state index contributed by atoms with van der Waals surface area (Å²) in [6, 6.07) is 1.90. The molecule has 2 aromatic rings. The van der Waals surface area contributed by atoms with Crippen molar-refractivity contribution in [3.63, 3.8) is 0 Å². The lowest BCUT2D eigenvalue weighted by Crippen LogP contribution is -2.07. The first-order valence-electron chi connectivity index (χ1n) is 5.92. The molecule has 0 saturated carbocycles. The van der Waals surface area contributed by atoms with Gasteiger partial charge in [0.2, 0.25) is 5.95 Å². The highest BCUT2D eigenvalue weighted by Gasteiger charge is 2.05. The molecule has 0 aliphatic carbocycles. The van der Waals surface area contributed by atoms with E-state index in [-0.39, 0.29) is 0 Å². The minimum atomic E-state index is 0.560. The smallest absolute Gasteiger partial charge is 0.224 e. The molecule has 0 fully saturated rings. The minimum Gasteiger partial charge on any atom is -0.362 e. The summed E-state index contributed by atoms with van der Waals surface area (Å²) in [6.45, 7) is 7.22. The maximum absolute atomic E-state index is 5.13. The van der Waals surface area contributed by atoms with Crippen LogP contribution in [-0.4, -0.2) is 21.7 Å². The van der Waals surface area contributed by atoms with Crippen LogP contribution in [0.1, 0.15) is 23.9 Å². The highest BCUT2D eigenvalue weighted by molar-refractivity contribution is 5.46. The Kier molecular flexibility index (Phi) is 3.76. The molecule has 0 aliphatic rings. The number of hydrogen-bond acceptors (Lipinski definition) is 6. The summed E-state index contributed by atoms with van der Waals surface area (Å²) < 4.78 is 5.13. The van der Waals surface area contributed by atoms with Crippen LogP contribution in [0.2, 0.25) is 0 Å². The molecule has 0 aliphatic heterocycles. The van der Waals surface area contributed by atoms with E-state index in [0.717, 1.165) is 29.4 Å². The first-order chi connectivity index (χ1) is 8.69. The maximum atomic E-state index is 5.13. The molecule has 0 spiro atoms. The molecule has 2 aromatic heterocycles. The third-order valence-corrected chi connectivity index (χ3v) is 2.41. The Balaban J connectivity index is 2.05. The van der Waals surface area contributed by atoms with Gasteiger partial charge in [0.25, 0.3) is 0 Å². The topological polar surface area (TPSA) is 75.9 Å². The molecule has 0 unspecified atom stereocenters. The molecule has 2 rings (SSSR count). The Morgan fingerprint density at radius 2 is 2.11 bits per heavy atom. The van der Waals surface area contributed by atoms with Gasteiger partial charge in [-0.3, -0.25) is 0 Å². The van der Waals surface area contributed by atoms with Crippen molar-refractivity contribution >= 4 is 11.8 Å². The van der Waals surface area contributed by atoms with Crippen LogP contribution >= 0.6 is 0 Å². The molecule has 0 aromatic carbocycles. The Labute approximate surface area is 106 Å². The maximum Gasteiger partial charge on any atom is 0.224 e. The molecule has 2 N–H and O–H groups in total. The Hall–Kier alpha value is -2.11. The second kappa shape index (κ2) is 5.48. The van der Waals surface area contributed by atoms with Gasteiger partial charge in [-0.2, -0.15) is 4.98 Å². The van der Waals surface area contributed by atoms with E-state index < -0.39 is 0 Å². The van der Waals surface area contributed by atoms with Crippen molar-refractivity contribution in [1.82, 2.24) is 15.1 Å². The zero-order valence-corrected chi connectivity index (χ0v) is 10.8. The van der Waals surface area contributed by atoms with Gasteiger partial charge in [0.1, 0.15) is 5.82 Å². The van der Waals surface area contributed by atoms with Crippen LogP contribution in [0.3, 0.4) is 0 Å². The van der Waals surface area contributed by atoms with Gasteiger partial charge in [0.05, 0.1) is 12.2 Å². The Bertz CT molecular complexity index is 523. The van der Waals surface area contributed by atoms with E-state index in [1.807, 2.05) is 26.8 Å². The van der Waals surface area contributed by atoms with E-state index in [4.69, 9.17) is 4.52 Å². The van der Waals surface area contributed by atoms with Gasteiger partial charge in [-0.15, -0.1) is 0 Å². The summed E-state index contributed by atoms with van der Waals surface area (Å²) in [5.41, 5.74) is 1.87. The van der Waals surface area contributed by atoms with Crippen molar-refractivity contribution in [3.05, 3.63) is 29.3 Å². The van der Waals surface area contributed by atoms with Crippen molar-refractivity contribution in [1.29, 1.82) is 0 Å². The average Bonchev–Trinajstić information content (AvgIpc) is 2.76. The second-order valence-electron chi connectivity index (χ2n) is 4.04. The van der Waals surface area contributed by atoms with Crippen LogP contribution in [0.4, 0.5) is 11.8 Å². The van der Waals surface area contributed by atoms with Crippen LogP contribution in [0.5, 0.6) is 0 Å². The van der Waals surface area contributed by atoms with Crippen molar-refractivity contribution < 1.29 is 4.52 Å². The lowest BCUT2D eigenvalue weighted by Gasteiger charge is -2.08. The van der Waals surface area contributed by atoms with Gasteiger partial charge in [-0.05, 0) is 20.8 Å². The molecule has 0 atom stereocenters. The fraction of sp³-hybridized carbons (Fsp3) is 0.417. The van der Waals surface area contributed by atoms with E-state index in [0.29, 0.717) is 12.5 Å². The van der Waals surface area contributed by atoms with Gasteiger partial charge < -0.3 is 15.2 Å². The van der Waals surface area contributed by atoms with Crippen LogP contribution in [0.15, 0.2) is 16.8 Å². The average molecular weight is 247 g/mol. The summed E-state index contributed by atoms with van der Waals surface area (Å²) in [5.74, 6) is 2.21. The molecule has 18 heavy (non-hydrogen) atoms. The van der Waals surface area contributed by atoms with Gasteiger partial charge in [0.15, 0.2) is 5.76 Å². The lowest BCUT2D eigenvalue weighted by atomic mass is 10.3. The van der Waals surface area contributed by atoms with E-state index >= 15 is 0 Å². The van der Waals surface area contributed by atoms with E-state index in [1.54, 1.807) is 6.20 Å². The van der Waals surface area contributed by atoms with Gasteiger partial charge in [0, 0.05) is 24.4 Å².